The summed E-state index contributed by atoms with van der Waals surface area (Å²) in [6.45, 7) is 8.33. The lowest BCUT2D eigenvalue weighted by atomic mass is 10.0. The third-order valence-electron chi connectivity index (χ3n) is 3.54. The second-order valence-electron chi connectivity index (χ2n) is 5.46. The van der Waals surface area contributed by atoms with E-state index in [0.29, 0.717) is 19.2 Å². The summed E-state index contributed by atoms with van der Waals surface area (Å²) in [5.41, 5.74) is 0. The summed E-state index contributed by atoms with van der Waals surface area (Å²) < 4.78 is 5.25. The fourth-order valence-electron chi connectivity index (χ4n) is 2.50. The lowest BCUT2D eigenvalue weighted by molar-refractivity contribution is -0.145. The maximum Gasteiger partial charge on any atom is 0.320 e. The van der Waals surface area contributed by atoms with Crippen molar-refractivity contribution in [3.05, 3.63) is 0 Å². The molecule has 0 aromatic heterocycles. The molecule has 1 atom stereocenters. The SMILES string of the molecule is CCCCOC(=O)CN(CCC)CC1CCCCN1. The monoisotopic (exact) mass is 270 g/mol. The van der Waals surface area contributed by atoms with Gasteiger partial charge < -0.3 is 10.1 Å². The van der Waals surface area contributed by atoms with E-state index in [0.717, 1.165) is 38.9 Å². The van der Waals surface area contributed by atoms with Gasteiger partial charge in [-0.3, -0.25) is 9.69 Å². The third kappa shape index (κ3) is 7.53. The zero-order valence-electron chi connectivity index (χ0n) is 12.6. The van der Waals surface area contributed by atoms with Crippen molar-refractivity contribution < 1.29 is 9.53 Å². The Balaban J connectivity index is 2.27. The quantitative estimate of drug-likeness (QED) is 0.515. The molecular weight excluding hydrogens is 240 g/mol. The van der Waals surface area contributed by atoms with E-state index in [4.69, 9.17) is 4.74 Å². The topological polar surface area (TPSA) is 41.6 Å². The first-order valence-electron chi connectivity index (χ1n) is 7.87. The summed E-state index contributed by atoms with van der Waals surface area (Å²) in [5, 5.41) is 3.54. The predicted octanol–water partition coefficient (Wildman–Crippen LogP) is 2.18. The van der Waals surface area contributed by atoms with Gasteiger partial charge >= 0.3 is 5.97 Å². The van der Waals surface area contributed by atoms with E-state index in [9.17, 15) is 4.79 Å². The second kappa shape index (κ2) is 10.2. The molecule has 1 rings (SSSR count). The highest BCUT2D eigenvalue weighted by molar-refractivity contribution is 5.71. The first-order valence-corrected chi connectivity index (χ1v) is 7.87. The van der Waals surface area contributed by atoms with E-state index >= 15 is 0 Å². The summed E-state index contributed by atoms with van der Waals surface area (Å²) in [4.78, 5) is 14.0. The van der Waals surface area contributed by atoms with Gasteiger partial charge in [0.1, 0.15) is 0 Å². The summed E-state index contributed by atoms with van der Waals surface area (Å²) in [5.74, 6) is -0.0716. The van der Waals surface area contributed by atoms with Gasteiger partial charge in [-0.05, 0) is 38.8 Å². The van der Waals surface area contributed by atoms with Gasteiger partial charge in [0.25, 0.3) is 0 Å². The molecule has 0 aliphatic carbocycles. The summed E-state index contributed by atoms with van der Waals surface area (Å²) >= 11 is 0. The predicted molar refractivity (Wildman–Crippen MR) is 78.2 cm³/mol. The number of nitrogens with zero attached hydrogens (tertiary/aromatic N) is 1. The number of piperidine rings is 1. The van der Waals surface area contributed by atoms with Gasteiger partial charge in [0.2, 0.25) is 0 Å². The van der Waals surface area contributed by atoms with Gasteiger partial charge in [-0.15, -0.1) is 0 Å². The molecule has 1 aliphatic heterocycles. The van der Waals surface area contributed by atoms with Gasteiger partial charge in [-0.25, -0.2) is 0 Å². The second-order valence-corrected chi connectivity index (χ2v) is 5.46. The molecule has 1 N–H and O–H groups in total. The van der Waals surface area contributed by atoms with Gasteiger partial charge in [0, 0.05) is 12.6 Å². The first-order chi connectivity index (χ1) is 9.26. The Kier molecular flexibility index (Phi) is 8.84. The highest BCUT2D eigenvalue weighted by Gasteiger charge is 2.18. The van der Waals surface area contributed by atoms with Crippen LogP contribution in [-0.4, -0.2) is 49.7 Å². The van der Waals surface area contributed by atoms with Crippen LogP contribution in [0.1, 0.15) is 52.4 Å². The Hall–Kier alpha value is -0.610. The molecule has 0 aromatic rings. The van der Waals surface area contributed by atoms with Crippen molar-refractivity contribution in [1.82, 2.24) is 10.2 Å². The summed E-state index contributed by atoms with van der Waals surface area (Å²) in [7, 11) is 0. The van der Waals surface area contributed by atoms with E-state index in [1.807, 2.05) is 0 Å². The molecule has 0 spiro atoms. The molecule has 0 bridgehead atoms. The van der Waals surface area contributed by atoms with Crippen LogP contribution in [0.3, 0.4) is 0 Å². The fourth-order valence-corrected chi connectivity index (χ4v) is 2.50. The fraction of sp³-hybridized carbons (Fsp3) is 0.933. The van der Waals surface area contributed by atoms with E-state index in [-0.39, 0.29) is 5.97 Å². The minimum Gasteiger partial charge on any atom is -0.465 e. The van der Waals surface area contributed by atoms with Gasteiger partial charge in [-0.2, -0.15) is 0 Å². The minimum atomic E-state index is -0.0716. The van der Waals surface area contributed by atoms with Crippen LogP contribution >= 0.6 is 0 Å². The average molecular weight is 270 g/mol. The van der Waals surface area contributed by atoms with E-state index in [2.05, 4.69) is 24.1 Å². The highest BCUT2D eigenvalue weighted by Crippen LogP contribution is 2.09. The van der Waals surface area contributed by atoms with Crippen LogP contribution in [-0.2, 0) is 9.53 Å². The molecule has 1 saturated heterocycles. The molecule has 112 valence electrons. The molecular formula is C15H30N2O2. The van der Waals surface area contributed by atoms with Crippen LogP contribution in [0.2, 0.25) is 0 Å². The molecule has 0 saturated carbocycles. The van der Waals surface area contributed by atoms with Crippen molar-refractivity contribution in [2.75, 3.05) is 32.8 Å². The normalized spacial score (nSPS) is 19.6. The summed E-state index contributed by atoms with van der Waals surface area (Å²) in [6.07, 6.45) is 6.92. The molecule has 0 aromatic carbocycles. The van der Waals surface area contributed by atoms with Crippen LogP contribution in [0.5, 0.6) is 0 Å². The molecule has 4 heteroatoms. The first kappa shape index (κ1) is 16.4. The zero-order valence-corrected chi connectivity index (χ0v) is 12.6. The van der Waals surface area contributed by atoms with Crippen LogP contribution in [0.25, 0.3) is 0 Å². The van der Waals surface area contributed by atoms with Gasteiger partial charge in [-0.1, -0.05) is 26.7 Å². The van der Waals surface area contributed by atoms with E-state index in [1.165, 1.54) is 19.3 Å². The molecule has 1 unspecified atom stereocenters. The molecule has 1 fully saturated rings. The Morgan fingerprint density at radius 2 is 2.16 bits per heavy atom. The maximum atomic E-state index is 11.8. The summed E-state index contributed by atoms with van der Waals surface area (Å²) in [6, 6.07) is 0.545. The number of unbranched alkanes of at least 4 members (excludes halogenated alkanes) is 1. The molecule has 1 aliphatic rings. The number of hydrogen-bond donors (Lipinski definition) is 1. The van der Waals surface area contributed by atoms with Crippen LogP contribution in [0, 0.1) is 0 Å². The lowest BCUT2D eigenvalue weighted by Crippen LogP contribution is -2.45. The Morgan fingerprint density at radius 1 is 1.32 bits per heavy atom. The third-order valence-corrected chi connectivity index (χ3v) is 3.54. The van der Waals surface area contributed by atoms with Crippen LogP contribution in [0.4, 0.5) is 0 Å². The number of rotatable bonds is 9. The van der Waals surface area contributed by atoms with E-state index in [1.54, 1.807) is 0 Å². The Morgan fingerprint density at radius 3 is 2.79 bits per heavy atom. The Bertz CT molecular complexity index is 240. The maximum absolute atomic E-state index is 11.8. The smallest absolute Gasteiger partial charge is 0.320 e. The average Bonchev–Trinajstić information content (AvgIpc) is 2.40. The lowest BCUT2D eigenvalue weighted by Gasteiger charge is -2.29. The van der Waals surface area contributed by atoms with Gasteiger partial charge in [0.05, 0.1) is 13.2 Å². The zero-order chi connectivity index (χ0) is 13.9. The highest BCUT2D eigenvalue weighted by atomic mass is 16.5. The van der Waals surface area contributed by atoms with Crippen LogP contribution < -0.4 is 5.32 Å². The largest absolute Gasteiger partial charge is 0.465 e. The molecule has 0 amide bonds. The number of carbonyl (C=O) groups is 1. The van der Waals surface area contributed by atoms with Crippen molar-refractivity contribution in [3.63, 3.8) is 0 Å². The Labute approximate surface area is 117 Å². The van der Waals surface area contributed by atoms with Gasteiger partial charge in [0.15, 0.2) is 0 Å². The van der Waals surface area contributed by atoms with Crippen molar-refractivity contribution >= 4 is 5.97 Å². The molecule has 1 heterocycles. The standard InChI is InChI=1S/C15H30N2O2/c1-3-5-11-19-15(18)13-17(10-4-2)12-14-8-6-7-9-16-14/h14,16H,3-13H2,1-2H3. The molecule has 0 radical (unpaired) electrons. The number of nitrogens with one attached hydrogen (secondary N) is 1. The van der Waals surface area contributed by atoms with Crippen molar-refractivity contribution in [3.8, 4) is 0 Å². The van der Waals surface area contributed by atoms with Crippen molar-refractivity contribution in [2.24, 2.45) is 0 Å². The number of esters is 1. The number of carbonyl (C=O) groups excluding carboxylic acids is 1. The van der Waals surface area contributed by atoms with E-state index < -0.39 is 0 Å². The molecule has 19 heavy (non-hydrogen) atoms. The van der Waals surface area contributed by atoms with Crippen molar-refractivity contribution in [1.29, 1.82) is 0 Å². The minimum absolute atomic E-state index is 0.0716. The molecule has 4 nitrogen and oxygen atoms in total. The number of ether oxygens (including phenoxy) is 1. The number of hydrogen-bond acceptors (Lipinski definition) is 4. The van der Waals surface area contributed by atoms with Crippen LogP contribution in [0.15, 0.2) is 0 Å². The van der Waals surface area contributed by atoms with Crippen molar-refractivity contribution in [2.45, 2.75) is 58.4 Å².